The van der Waals surface area contributed by atoms with Crippen LogP contribution in [0.1, 0.15) is 30.1 Å². The van der Waals surface area contributed by atoms with Crippen LogP contribution < -0.4 is 15.6 Å². The molecule has 0 saturated carbocycles. The number of hydrogen-bond acceptors (Lipinski definition) is 6. The average molecular weight is 445 g/mol. The minimum atomic E-state index is -3.53. The highest BCUT2D eigenvalue weighted by Crippen LogP contribution is 2.28. The summed E-state index contributed by atoms with van der Waals surface area (Å²) in [7, 11) is -3.53. The largest absolute Gasteiger partial charge is 0.506 e. The second-order valence-corrected chi connectivity index (χ2v) is 9.02. The summed E-state index contributed by atoms with van der Waals surface area (Å²) < 4.78 is 27.0. The molecule has 2 aromatic carbocycles. The Labute approximate surface area is 181 Å². The van der Waals surface area contributed by atoms with Crippen LogP contribution in [0.4, 0.5) is 0 Å². The molecule has 8 nitrogen and oxygen atoms in total. The summed E-state index contributed by atoms with van der Waals surface area (Å²) in [6.07, 6.45) is 0.527. The molecule has 0 aliphatic heterocycles. The number of aromatic hydroxyl groups is 1. The molecule has 0 amide bonds. The summed E-state index contributed by atoms with van der Waals surface area (Å²) in [6.45, 7) is 4.93. The summed E-state index contributed by atoms with van der Waals surface area (Å²) in [5, 5.41) is 24.1. The number of nitrogens with one attached hydrogen (secondary N) is 3. The Kier molecular flexibility index (Phi) is 7.45. The quantitative estimate of drug-likeness (QED) is 0.303. The minimum absolute atomic E-state index is 0.0543. The number of aromatic amines is 1. The van der Waals surface area contributed by atoms with Crippen LogP contribution in [0.5, 0.6) is 5.75 Å². The van der Waals surface area contributed by atoms with Gasteiger partial charge < -0.3 is 20.5 Å². The van der Waals surface area contributed by atoms with Crippen molar-refractivity contribution >= 4 is 20.9 Å². The second kappa shape index (κ2) is 10.1. The summed E-state index contributed by atoms with van der Waals surface area (Å²) in [4.78, 5) is 14.3. The Morgan fingerprint density at radius 2 is 1.71 bits per heavy atom. The molecule has 165 valence electrons. The van der Waals surface area contributed by atoms with Crippen molar-refractivity contribution in [2.24, 2.45) is 0 Å². The molecule has 0 bridgehead atoms. The van der Waals surface area contributed by atoms with Gasteiger partial charge in [-0.3, -0.25) is 4.79 Å². The molecule has 1 aromatic heterocycles. The predicted octanol–water partition coefficient (Wildman–Crippen LogP) is 1.80. The number of phenolic OH excluding ortho intramolecular Hbond substituents is 1. The molecule has 0 aliphatic rings. The van der Waals surface area contributed by atoms with Crippen LogP contribution in [0, 0.1) is 6.92 Å². The van der Waals surface area contributed by atoms with Gasteiger partial charge >= 0.3 is 0 Å². The van der Waals surface area contributed by atoms with Crippen LogP contribution in [0.15, 0.2) is 58.2 Å². The number of pyridine rings is 1. The van der Waals surface area contributed by atoms with E-state index in [-0.39, 0.29) is 22.7 Å². The van der Waals surface area contributed by atoms with Crippen molar-refractivity contribution < 1.29 is 18.6 Å². The lowest BCUT2D eigenvalue weighted by Gasteiger charge is -2.15. The zero-order valence-corrected chi connectivity index (χ0v) is 17.8. The number of aromatic nitrogens is 1. The van der Waals surface area contributed by atoms with Crippen molar-refractivity contribution in [1.82, 2.24) is 15.0 Å². The zero-order chi connectivity index (χ0) is 22.4. The fourth-order valence-electron chi connectivity index (χ4n) is 3.23. The van der Waals surface area contributed by atoms with E-state index in [9.17, 15) is 23.4 Å². The fraction of sp³-hybridized carbons (Fsp3) is 0.273. The Morgan fingerprint density at radius 3 is 2.45 bits per heavy atom. The smallest absolute Gasteiger partial charge is 0.248 e. The van der Waals surface area contributed by atoms with Gasteiger partial charge in [0, 0.05) is 24.5 Å². The number of fused-ring (bicyclic) bond motifs is 1. The summed E-state index contributed by atoms with van der Waals surface area (Å²) in [5.74, 6) is -0.0543. The van der Waals surface area contributed by atoms with Crippen molar-refractivity contribution in [2.75, 3.05) is 19.6 Å². The maximum Gasteiger partial charge on any atom is 0.248 e. The first-order valence-corrected chi connectivity index (χ1v) is 11.4. The topological polar surface area (TPSA) is 132 Å². The molecule has 1 heterocycles. The average Bonchev–Trinajstić information content (AvgIpc) is 2.74. The third-order valence-corrected chi connectivity index (χ3v) is 6.39. The normalized spacial score (nSPS) is 12.8. The van der Waals surface area contributed by atoms with E-state index in [1.165, 1.54) is 24.3 Å². The van der Waals surface area contributed by atoms with E-state index in [0.717, 1.165) is 12.0 Å². The number of unbranched alkanes of at least 4 members (excludes halogenated alkanes) is 1. The van der Waals surface area contributed by atoms with E-state index in [1.54, 1.807) is 24.3 Å². The van der Waals surface area contributed by atoms with E-state index in [4.69, 9.17) is 0 Å². The van der Waals surface area contributed by atoms with Crippen molar-refractivity contribution in [3.05, 3.63) is 76.9 Å². The maximum absolute atomic E-state index is 12.2. The predicted molar refractivity (Wildman–Crippen MR) is 119 cm³/mol. The van der Waals surface area contributed by atoms with Crippen LogP contribution in [0.2, 0.25) is 0 Å². The van der Waals surface area contributed by atoms with E-state index in [1.807, 2.05) is 0 Å². The molecular formula is C22H26N3O5S. The van der Waals surface area contributed by atoms with Crippen molar-refractivity contribution in [1.29, 1.82) is 0 Å². The molecule has 9 heteroatoms. The number of rotatable bonds is 10. The SMILES string of the molecule is [CH2]c1ccc(S(=O)(=O)NCCCCNC[C@@H](O)c2ccc(O)c3[nH]c(=O)ccc23)cc1. The third kappa shape index (κ3) is 5.92. The highest BCUT2D eigenvalue weighted by molar-refractivity contribution is 7.89. The van der Waals surface area contributed by atoms with Gasteiger partial charge in [-0.25, -0.2) is 13.1 Å². The molecule has 3 aromatic rings. The number of aliphatic hydroxyl groups excluding tert-OH is 1. The van der Waals surface area contributed by atoms with Gasteiger partial charge in [-0.05, 0) is 61.7 Å². The van der Waals surface area contributed by atoms with Crippen LogP contribution in [-0.4, -0.2) is 43.2 Å². The molecule has 0 unspecified atom stereocenters. The Morgan fingerprint density at radius 1 is 1.00 bits per heavy atom. The molecule has 0 spiro atoms. The number of sulfonamides is 1. The first kappa shape index (κ1) is 23.0. The van der Waals surface area contributed by atoms with Crippen LogP contribution in [-0.2, 0) is 10.0 Å². The van der Waals surface area contributed by atoms with E-state index in [2.05, 4.69) is 21.9 Å². The van der Waals surface area contributed by atoms with Gasteiger partial charge in [0.1, 0.15) is 5.75 Å². The lowest BCUT2D eigenvalue weighted by molar-refractivity contribution is 0.176. The van der Waals surface area contributed by atoms with Gasteiger partial charge in [0.25, 0.3) is 0 Å². The van der Waals surface area contributed by atoms with Gasteiger partial charge in [0.05, 0.1) is 16.5 Å². The van der Waals surface area contributed by atoms with Gasteiger partial charge in [-0.15, -0.1) is 0 Å². The van der Waals surface area contributed by atoms with Crippen LogP contribution in [0.25, 0.3) is 10.9 Å². The number of hydrogen-bond donors (Lipinski definition) is 5. The zero-order valence-electron chi connectivity index (χ0n) is 17.0. The first-order valence-electron chi connectivity index (χ1n) is 9.93. The third-order valence-electron chi connectivity index (χ3n) is 4.91. The van der Waals surface area contributed by atoms with Gasteiger partial charge in [0.15, 0.2) is 0 Å². The van der Waals surface area contributed by atoms with Gasteiger partial charge in [-0.2, -0.15) is 0 Å². The number of phenols is 1. The summed E-state index contributed by atoms with van der Waals surface area (Å²) in [6, 6.07) is 12.3. The number of H-pyrrole nitrogens is 1. The Hall–Kier alpha value is -2.72. The molecular weight excluding hydrogens is 418 g/mol. The second-order valence-electron chi connectivity index (χ2n) is 7.25. The molecule has 1 radical (unpaired) electrons. The van der Waals surface area contributed by atoms with Crippen molar-refractivity contribution in [3.8, 4) is 5.75 Å². The molecule has 1 atom stereocenters. The summed E-state index contributed by atoms with van der Waals surface area (Å²) in [5.41, 5.74) is 1.31. The van der Waals surface area contributed by atoms with Crippen molar-refractivity contribution in [3.63, 3.8) is 0 Å². The van der Waals surface area contributed by atoms with Crippen LogP contribution in [0.3, 0.4) is 0 Å². The Balaban J connectivity index is 1.43. The van der Waals surface area contributed by atoms with Gasteiger partial charge in [-0.1, -0.05) is 18.2 Å². The van der Waals surface area contributed by atoms with E-state index >= 15 is 0 Å². The van der Waals surface area contributed by atoms with Crippen LogP contribution >= 0.6 is 0 Å². The molecule has 0 aliphatic carbocycles. The summed E-state index contributed by atoms with van der Waals surface area (Å²) >= 11 is 0. The highest BCUT2D eigenvalue weighted by Gasteiger charge is 2.14. The van der Waals surface area contributed by atoms with Crippen molar-refractivity contribution in [2.45, 2.75) is 23.8 Å². The minimum Gasteiger partial charge on any atom is -0.506 e. The lowest BCUT2D eigenvalue weighted by Crippen LogP contribution is -2.26. The molecule has 0 fully saturated rings. The maximum atomic E-state index is 12.2. The first-order chi connectivity index (χ1) is 14.8. The molecule has 0 saturated heterocycles. The number of benzene rings is 2. The van der Waals surface area contributed by atoms with E-state index < -0.39 is 16.1 Å². The Bertz CT molecular complexity index is 1190. The molecule has 3 rings (SSSR count). The standard InChI is InChI=1S/C22H26N3O5S/c1-15-4-6-16(7-5-15)31(29,30)24-13-3-2-12-23-14-20(27)17-8-10-19(26)22-18(17)9-11-21(28)25-22/h4-11,20,23-24,26-27H,1-3,12-14H2,(H,25,28)/t20-/m1/s1. The lowest BCUT2D eigenvalue weighted by atomic mass is 10.0. The monoisotopic (exact) mass is 444 g/mol. The van der Waals surface area contributed by atoms with Gasteiger partial charge in [0.2, 0.25) is 15.6 Å². The number of aliphatic hydroxyl groups is 1. The fourth-order valence-corrected chi connectivity index (χ4v) is 4.31. The molecule has 5 N–H and O–H groups in total. The highest BCUT2D eigenvalue weighted by atomic mass is 32.2. The van der Waals surface area contributed by atoms with E-state index in [0.29, 0.717) is 36.0 Å². The molecule has 31 heavy (non-hydrogen) atoms.